The van der Waals surface area contributed by atoms with E-state index in [2.05, 4.69) is 98.2 Å². The smallest absolute Gasteiger partial charge is 0.128 e. The maximum absolute atomic E-state index is 4.84. The summed E-state index contributed by atoms with van der Waals surface area (Å²) in [6.07, 6.45) is 5.13. The Morgan fingerprint density at radius 3 is 1.40 bits per heavy atom. The van der Waals surface area contributed by atoms with Gasteiger partial charge in [0.2, 0.25) is 0 Å². The molecule has 0 aliphatic carbocycles. The van der Waals surface area contributed by atoms with Crippen molar-refractivity contribution in [3.05, 3.63) is 95.3 Å². The molecule has 0 unspecified atom stereocenters. The van der Waals surface area contributed by atoms with Crippen LogP contribution in [0.3, 0.4) is 0 Å². The second-order valence-corrected chi connectivity index (χ2v) is 9.63. The normalized spacial score (nSPS) is 14.2. The van der Waals surface area contributed by atoms with Gasteiger partial charge in [-0.2, -0.15) is 0 Å². The summed E-state index contributed by atoms with van der Waals surface area (Å²) in [6.45, 7) is 12.6. The van der Waals surface area contributed by atoms with Crippen LogP contribution in [-0.4, -0.2) is 36.1 Å². The first-order valence-corrected chi connectivity index (χ1v) is 12.6. The molecule has 2 aromatic carbocycles. The minimum Gasteiger partial charge on any atom is -0.355 e. The van der Waals surface area contributed by atoms with E-state index in [0.717, 1.165) is 44.2 Å². The first kappa shape index (κ1) is 23.1. The van der Waals surface area contributed by atoms with Gasteiger partial charge in [-0.3, -0.25) is 0 Å². The van der Waals surface area contributed by atoms with Gasteiger partial charge < -0.3 is 9.80 Å². The summed E-state index contributed by atoms with van der Waals surface area (Å²) in [7, 11) is 0. The molecule has 1 aliphatic rings. The average molecular weight is 463 g/mol. The van der Waals surface area contributed by atoms with Gasteiger partial charge in [0.25, 0.3) is 0 Å². The molecular weight excluding hydrogens is 428 g/mol. The van der Waals surface area contributed by atoms with E-state index in [0.29, 0.717) is 0 Å². The van der Waals surface area contributed by atoms with Gasteiger partial charge in [0, 0.05) is 49.7 Å². The zero-order chi connectivity index (χ0) is 24.4. The molecule has 0 N–H and O–H groups in total. The van der Waals surface area contributed by atoms with E-state index in [4.69, 9.17) is 9.97 Å². The molecular formula is C31H34N4. The monoisotopic (exact) mass is 462 g/mol. The number of hydrogen-bond acceptors (Lipinski definition) is 4. The number of aromatic nitrogens is 2. The molecule has 1 fully saturated rings. The van der Waals surface area contributed by atoms with Gasteiger partial charge in [-0.15, -0.1) is 0 Å². The third-order valence-corrected chi connectivity index (χ3v) is 7.47. The van der Waals surface area contributed by atoms with Crippen molar-refractivity contribution in [2.75, 3.05) is 36.0 Å². The Hall–Kier alpha value is -3.66. The number of benzene rings is 2. The van der Waals surface area contributed by atoms with Gasteiger partial charge in [-0.25, -0.2) is 9.97 Å². The van der Waals surface area contributed by atoms with Gasteiger partial charge in [0.15, 0.2) is 0 Å². The van der Waals surface area contributed by atoms with Crippen LogP contribution in [0.4, 0.5) is 11.6 Å². The molecule has 0 radical (unpaired) electrons. The van der Waals surface area contributed by atoms with E-state index in [1.165, 1.54) is 44.5 Å². The van der Waals surface area contributed by atoms with Crippen molar-refractivity contribution < 1.29 is 0 Å². The van der Waals surface area contributed by atoms with Gasteiger partial charge in [-0.05, 0) is 91.8 Å². The fraction of sp³-hybridized carbons (Fsp3) is 0.290. The number of anilines is 2. The van der Waals surface area contributed by atoms with E-state index in [1.54, 1.807) is 0 Å². The minimum absolute atomic E-state index is 0.941. The van der Waals surface area contributed by atoms with Crippen LogP contribution < -0.4 is 9.80 Å². The third-order valence-electron chi connectivity index (χ3n) is 7.47. The number of pyridine rings is 2. The molecule has 5 rings (SSSR count). The van der Waals surface area contributed by atoms with Crippen LogP contribution in [0.2, 0.25) is 0 Å². The van der Waals surface area contributed by atoms with Crippen molar-refractivity contribution in [3.8, 4) is 22.3 Å². The minimum atomic E-state index is 0.941. The van der Waals surface area contributed by atoms with Gasteiger partial charge in [0.05, 0.1) is 0 Å². The van der Waals surface area contributed by atoms with Crippen LogP contribution in [0.5, 0.6) is 0 Å². The van der Waals surface area contributed by atoms with E-state index in [-0.39, 0.29) is 0 Å². The van der Waals surface area contributed by atoms with Crippen molar-refractivity contribution in [1.82, 2.24) is 9.97 Å². The van der Waals surface area contributed by atoms with Gasteiger partial charge in [-0.1, -0.05) is 36.4 Å². The Kier molecular flexibility index (Phi) is 6.54. The predicted octanol–water partition coefficient (Wildman–Crippen LogP) is 6.76. The Bertz CT molecular complexity index is 1210. The topological polar surface area (TPSA) is 32.3 Å². The lowest BCUT2D eigenvalue weighted by atomic mass is 9.98. The van der Waals surface area contributed by atoms with E-state index in [1.807, 2.05) is 12.4 Å². The number of nitrogens with zero attached hydrogens (tertiary/aromatic N) is 4. The molecule has 0 saturated carbocycles. The van der Waals surface area contributed by atoms with Crippen LogP contribution in [0, 0.1) is 27.7 Å². The molecule has 0 spiro atoms. The number of rotatable bonds is 4. The quantitative estimate of drug-likeness (QED) is 0.335. The van der Waals surface area contributed by atoms with Crippen LogP contribution >= 0.6 is 0 Å². The highest BCUT2D eigenvalue weighted by molar-refractivity contribution is 5.69. The van der Waals surface area contributed by atoms with Crippen LogP contribution in [0.25, 0.3) is 22.3 Å². The second-order valence-electron chi connectivity index (χ2n) is 9.63. The first-order valence-electron chi connectivity index (χ1n) is 12.6. The van der Waals surface area contributed by atoms with Crippen molar-refractivity contribution in [3.63, 3.8) is 0 Å². The number of aryl methyl sites for hydroxylation is 2. The molecule has 0 bridgehead atoms. The third kappa shape index (κ3) is 4.79. The van der Waals surface area contributed by atoms with Crippen molar-refractivity contribution in [2.24, 2.45) is 0 Å². The Labute approximate surface area is 209 Å². The maximum atomic E-state index is 4.84. The van der Waals surface area contributed by atoms with Crippen molar-refractivity contribution in [2.45, 2.75) is 34.1 Å². The lowest BCUT2D eigenvalue weighted by molar-refractivity contribution is 0.794. The van der Waals surface area contributed by atoms with E-state index < -0.39 is 0 Å². The predicted molar refractivity (Wildman–Crippen MR) is 147 cm³/mol. The van der Waals surface area contributed by atoms with Crippen molar-refractivity contribution in [1.29, 1.82) is 0 Å². The fourth-order valence-electron chi connectivity index (χ4n) is 4.97. The standard InChI is InChI=1S/C31H34N4/c1-22-8-5-10-28(24(22)3)26-12-14-30(32-20-26)34-16-7-17-35(19-18-34)31-15-13-27(21-33-31)29-11-6-9-23(2)25(29)4/h5-6,8-15,20-21H,7,16-19H2,1-4H3. The maximum Gasteiger partial charge on any atom is 0.128 e. The molecule has 4 aromatic rings. The zero-order valence-electron chi connectivity index (χ0n) is 21.3. The summed E-state index contributed by atoms with van der Waals surface area (Å²) in [5, 5.41) is 0. The highest BCUT2D eigenvalue weighted by atomic mass is 15.3. The molecule has 0 amide bonds. The fourth-order valence-corrected chi connectivity index (χ4v) is 4.97. The highest BCUT2D eigenvalue weighted by Gasteiger charge is 2.18. The molecule has 3 heterocycles. The zero-order valence-corrected chi connectivity index (χ0v) is 21.3. The average Bonchev–Trinajstić information content (AvgIpc) is 3.14. The van der Waals surface area contributed by atoms with Crippen LogP contribution in [-0.2, 0) is 0 Å². The summed E-state index contributed by atoms with van der Waals surface area (Å²) < 4.78 is 0. The molecule has 1 aliphatic heterocycles. The van der Waals surface area contributed by atoms with Gasteiger partial charge >= 0.3 is 0 Å². The van der Waals surface area contributed by atoms with Gasteiger partial charge in [0.1, 0.15) is 11.6 Å². The summed E-state index contributed by atoms with van der Waals surface area (Å²) in [4.78, 5) is 14.5. The molecule has 4 heteroatoms. The largest absolute Gasteiger partial charge is 0.355 e. The van der Waals surface area contributed by atoms with E-state index >= 15 is 0 Å². The molecule has 35 heavy (non-hydrogen) atoms. The SMILES string of the molecule is Cc1cccc(-c2ccc(N3CCCN(c4ccc(-c5cccc(C)c5C)cn4)CC3)nc2)c1C. The Balaban J connectivity index is 1.27. The Morgan fingerprint density at radius 1 is 0.543 bits per heavy atom. The molecule has 178 valence electrons. The van der Waals surface area contributed by atoms with Crippen molar-refractivity contribution >= 4 is 11.6 Å². The second kappa shape index (κ2) is 9.91. The molecule has 1 saturated heterocycles. The summed E-state index contributed by atoms with van der Waals surface area (Å²) in [5.41, 5.74) is 10.2. The summed E-state index contributed by atoms with van der Waals surface area (Å²) >= 11 is 0. The van der Waals surface area contributed by atoms with E-state index in [9.17, 15) is 0 Å². The highest BCUT2D eigenvalue weighted by Crippen LogP contribution is 2.28. The summed E-state index contributed by atoms with van der Waals surface area (Å²) in [6, 6.07) is 21.7. The Morgan fingerprint density at radius 2 is 1.00 bits per heavy atom. The van der Waals surface area contributed by atoms with Crippen LogP contribution in [0.1, 0.15) is 28.7 Å². The number of hydrogen-bond donors (Lipinski definition) is 0. The molecule has 0 atom stereocenters. The first-order chi connectivity index (χ1) is 17.0. The lowest BCUT2D eigenvalue weighted by Gasteiger charge is -2.24. The molecule has 4 nitrogen and oxygen atoms in total. The van der Waals surface area contributed by atoms with Crippen LogP contribution in [0.15, 0.2) is 73.1 Å². The lowest BCUT2D eigenvalue weighted by Crippen LogP contribution is -2.31. The molecule has 2 aromatic heterocycles. The summed E-state index contributed by atoms with van der Waals surface area (Å²) in [5.74, 6) is 2.11.